The second kappa shape index (κ2) is 5.57. The number of amides is 1. The SMILES string of the molecule is Cl.O=C(CC1CC2CCC(C1)N2)N1CCCC1. The summed E-state index contributed by atoms with van der Waals surface area (Å²) in [6.07, 6.45) is 8.37. The smallest absolute Gasteiger partial charge is 0.222 e. The molecule has 3 aliphatic heterocycles. The van der Waals surface area contributed by atoms with Gasteiger partial charge in [-0.25, -0.2) is 0 Å². The third-order valence-electron chi connectivity index (χ3n) is 4.49. The van der Waals surface area contributed by atoms with Crippen molar-refractivity contribution in [3.63, 3.8) is 0 Å². The summed E-state index contributed by atoms with van der Waals surface area (Å²) in [5.74, 6) is 1.08. The van der Waals surface area contributed by atoms with Gasteiger partial charge in [-0.1, -0.05) is 0 Å². The number of piperidine rings is 1. The highest BCUT2D eigenvalue weighted by Crippen LogP contribution is 2.33. The van der Waals surface area contributed by atoms with Crippen LogP contribution in [0.4, 0.5) is 0 Å². The molecule has 98 valence electrons. The minimum atomic E-state index is 0. The fourth-order valence-corrected chi connectivity index (χ4v) is 3.68. The van der Waals surface area contributed by atoms with Gasteiger partial charge in [0.1, 0.15) is 0 Å². The number of fused-ring (bicyclic) bond motifs is 2. The topological polar surface area (TPSA) is 32.3 Å². The Kier molecular flexibility index (Phi) is 4.31. The summed E-state index contributed by atoms with van der Waals surface area (Å²) in [6, 6.07) is 1.44. The van der Waals surface area contributed by atoms with E-state index in [1.54, 1.807) is 0 Å². The standard InChI is InChI=1S/C13H22N2O.ClH/c16-13(15-5-1-2-6-15)9-10-7-11-3-4-12(8-10)14-11;/h10-12,14H,1-9H2;1H. The van der Waals surface area contributed by atoms with Crippen LogP contribution in [-0.4, -0.2) is 36.0 Å². The van der Waals surface area contributed by atoms with Gasteiger partial charge in [-0.2, -0.15) is 0 Å². The van der Waals surface area contributed by atoms with E-state index in [-0.39, 0.29) is 12.4 Å². The number of hydrogen-bond donors (Lipinski definition) is 1. The number of hydrogen-bond acceptors (Lipinski definition) is 2. The van der Waals surface area contributed by atoms with Crippen LogP contribution in [0, 0.1) is 5.92 Å². The van der Waals surface area contributed by atoms with E-state index < -0.39 is 0 Å². The molecular formula is C13H23ClN2O. The van der Waals surface area contributed by atoms with E-state index in [0.29, 0.717) is 11.8 Å². The molecular weight excluding hydrogens is 236 g/mol. The van der Waals surface area contributed by atoms with E-state index in [1.165, 1.54) is 38.5 Å². The molecule has 0 aliphatic carbocycles. The number of halogens is 1. The van der Waals surface area contributed by atoms with Gasteiger partial charge in [-0.3, -0.25) is 4.79 Å². The van der Waals surface area contributed by atoms with Gasteiger partial charge in [-0.05, 0) is 44.4 Å². The van der Waals surface area contributed by atoms with Crippen LogP contribution in [0.2, 0.25) is 0 Å². The molecule has 1 amide bonds. The largest absolute Gasteiger partial charge is 0.343 e. The lowest BCUT2D eigenvalue weighted by molar-refractivity contribution is -0.131. The first-order valence-electron chi connectivity index (χ1n) is 6.85. The highest BCUT2D eigenvalue weighted by molar-refractivity contribution is 5.85. The highest BCUT2D eigenvalue weighted by atomic mass is 35.5. The minimum Gasteiger partial charge on any atom is -0.343 e. The van der Waals surface area contributed by atoms with Gasteiger partial charge in [0.05, 0.1) is 0 Å². The van der Waals surface area contributed by atoms with Crippen LogP contribution in [0.3, 0.4) is 0 Å². The molecule has 2 atom stereocenters. The molecule has 1 N–H and O–H groups in total. The van der Waals surface area contributed by atoms with Crippen molar-refractivity contribution in [1.82, 2.24) is 10.2 Å². The van der Waals surface area contributed by atoms with Gasteiger partial charge in [0.25, 0.3) is 0 Å². The van der Waals surface area contributed by atoms with E-state index >= 15 is 0 Å². The van der Waals surface area contributed by atoms with E-state index in [9.17, 15) is 4.79 Å². The molecule has 0 spiro atoms. The Labute approximate surface area is 110 Å². The molecule has 2 bridgehead atoms. The Morgan fingerprint density at radius 3 is 2.29 bits per heavy atom. The van der Waals surface area contributed by atoms with Crippen molar-refractivity contribution in [1.29, 1.82) is 0 Å². The lowest BCUT2D eigenvalue weighted by Crippen LogP contribution is -2.40. The molecule has 0 aromatic heterocycles. The van der Waals surface area contributed by atoms with Gasteiger partial charge in [0.15, 0.2) is 0 Å². The molecule has 0 radical (unpaired) electrons. The number of nitrogens with zero attached hydrogens (tertiary/aromatic N) is 1. The summed E-state index contributed by atoms with van der Waals surface area (Å²) in [5, 5.41) is 3.64. The molecule has 0 aromatic carbocycles. The molecule has 17 heavy (non-hydrogen) atoms. The van der Waals surface area contributed by atoms with Gasteiger partial charge >= 0.3 is 0 Å². The first-order chi connectivity index (χ1) is 7.81. The zero-order valence-corrected chi connectivity index (χ0v) is 11.2. The Hall–Kier alpha value is -0.280. The number of carbonyl (C=O) groups is 1. The third-order valence-corrected chi connectivity index (χ3v) is 4.49. The third kappa shape index (κ3) is 2.94. The molecule has 2 unspecified atom stereocenters. The highest BCUT2D eigenvalue weighted by Gasteiger charge is 2.34. The fourth-order valence-electron chi connectivity index (χ4n) is 3.68. The Morgan fingerprint density at radius 1 is 1.12 bits per heavy atom. The van der Waals surface area contributed by atoms with Crippen molar-refractivity contribution in [3.05, 3.63) is 0 Å². The normalized spacial score (nSPS) is 35.8. The van der Waals surface area contributed by atoms with Crippen LogP contribution in [0.1, 0.15) is 44.9 Å². The van der Waals surface area contributed by atoms with E-state index in [0.717, 1.165) is 31.6 Å². The second-order valence-corrected chi connectivity index (χ2v) is 5.77. The summed E-state index contributed by atoms with van der Waals surface area (Å²) < 4.78 is 0. The van der Waals surface area contributed by atoms with Crippen molar-refractivity contribution in [2.45, 2.75) is 57.0 Å². The summed E-state index contributed by atoms with van der Waals surface area (Å²) >= 11 is 0. The molecule has 0 aromatic rings. The fraction of sp³-hybridized carbons (Fsp3) is 0.923. The number of nitrogens with one attached hydrogen (secondary N) is 1. The van der Waals surface area contributed by atoms with E-state index in [4.69, 9.17) is 0 Å². The number of rotatable bonds is 2. The van der Waals surface area contributed by atoms with E-state index in [2.05, 4.69) is 10.2 Å². The molecule has 3 heterocycles. The summed E-state index contributed by atoms with van der Waals surface area (Å²) in [6.45, 7) is 2.02. The second-order valence-electron chi connectivity index (χ2n) is 5.77. The maximum atomic E-state index is 12.1. The molecule has 3 rings (SSSR count). The van der Waals surface area contributed by atoms with Crippen LogP contribution in [-0.2, 0) is 4.79 Å². The van der Waals surface area contributed by atoms with Crippen molar-refractivity contribution in [2.24, 2.45) is 5.92 Å². The van der Waals surface area contributed by atoms with Gasteiger partial charge in [0.2, 0.25) is 5.91 Å². The minimum absolute atomic E-state index is 0. The number of likely N-dealkylation sites (tertiary alicyclic amines) is 1. The van der Waals surface area contributed by atoms with Crippen molar-refractivity contribution in [2.75, 3.05) is 13.1 Å². The average Bonchev–Trinajstić information content (AvgIpc) is 2.88. The average molecular weight is 259 g/mol. The first kappa shape index (κ1) is 13.2. The van der Waals surface area contributed by atoms with Crippen LogP contribution < -0.4 is 5.32 Å². The Morgan fingerprint density at radius 2 is 1.71 bits per heavy atom. The quantitative estimate of drug-likeness (QED) is 0.821. The molecule has 3 fully saturated rings. The Balaban J connectivity index is 0.00000108. The van der Waals surface area contributed by atoms with Gasteiger partial charge in [-0.15, -0.1) is 12.4 Å². The van der Waals surface area contributed by atoms with Crippen molar-refractivity contribution < 1.29 is 4.79 Å². The predicted octanol–water partition coefficient (Wildman–Crippen LogP) is 1.95. The number of carbonyl (C=O) groups excluding carboxylic acids is 1. The monoisotopic (exact) mass is 258 g/mol. The Bertz CT molecular complexity index is 267. The molecule has 0 saturated carbocycles. The molecule has 3 saturated heterocycles. The lowest BCUT2D eigenvalue weighted by Gasteiger charge is -2.29. The zero-order chi connectivity index (χ0) is 11.0. The molecule has 4 heteroatoms. The van der Waals surface area contributed by atoms with Crippen LogP contribution in [0.15, 0.2) is 0 Å². The predicted molar refractivity (Wildman–Crippen MR) is 70.3 cm³/mol. The van der Waals surface area contributed by atoms with Crippen molar-refractivity contribution >= 4 is 18.3 Å². The first-order valence-corrected chi connectivity index (χ1v) is 6.85. The van der Waals surface area contributed by atoms with E-state index in [1.807, 2.05) is 0 Å². The maximum Gasteiger partial charge on any atom is 0.222 e. The summed E-state index contributed by atoms with van der Waals surface area (Å²) in [5.41, 5.74) is 0. The zero-order valence-electron chi connectivity index (χ0n) is 10.4. The maximum absolute atomic E-state index is 12.1. The van der Waals surface area contributed by atoms with Gasteiger partial charge < -0.3 is 10.2 Å². The summed E-state index contributed by atoms with van der Waals surface area (Å²) in [7, 11) is 0. The van der Waals surface area contributed by atoms with Gasteiger partial charge in [0, 0.05) is 31.6 Å². The molecule has 3 nitrogen and oxygen atoms in total. The van der Waals surface area contributed by atoms with Crippen LogP contribution >= 0.6 is 12.4 Å². The lowest BCUT2D eigenvalue weighted by atomic mass is 9.89. The summed E-state index contributed by atoms with van der Waals surface area (Å²) in [4.78, 5) is 14.1. The van der Waals surface area contributed by atoms with Crippen molar-refractivity contribution in [3.8, 4) is 0 Å². The van der Waals surface area contributed by atoms with Crippen LogP contribution in [0.5, 0.6) is 0 Å². The van der Waals surface area contributed by atoms with Crippen LogP contribution in [0.25, 0.3) is 0 Å². The molecule has 3 aliphatic rings.